The number of hydrogen-bond donors (Lipinski definition) is 1. The predicted molar refractivity (Wildman–Crippen MR) is 74.3 cm³/mol. The van der Waals surface area contributed by atoms with Crippen molar-refractivity contribution in [2.75, 3.05) is 6.54 Å². The lowest BCUT2D eigenvalue weighted by Gasteiger charge is -2.43. The number of aliphatic imine (C=N–C) groups is 1. The van der Waals surface area contributed by atoms with Crippen LogP contribution in [0.3, 0.4) is 0 Å². The van der Waals surface area contributed by atoms with Gasteiger partial charge in [0.05, 0.1) is 12.1 Å². The number of hydrogen-bond acceptors (Lipinski definition) is 3. The second-order valence-electron chi connectivity index (χ2n) is 5.72. The van der Waals surface area contributed by atoms with E-state index in [-0.39, 0.29) is 5.54 Å². The summed E-state index contributed by atoms with van der Waals surface area (Å²) in [5, 5.41) is 0. The van der Waals surface area contributed by atoms with Crippen molar-refractivity contribution in [1.29, 1.82) is 0 Å². The molecule has 0 radical (unpaired) electrons. The molecule has 1 unspecified atom stereocenters. The van der Waals surface area contributed by atoms with Crippen LogP contribution in [0.4, 0.5) is 0 Å². The monoisotopic (exact) mass is 243 g/mol. The largest absolute Gasteiger partial charge is 0.370 e. The highest BCUT2D eigenvalue weighted by molar-refractivity contribution is 5.82. The fourth-order valence-corrected chi connectivity index (χ4v) is 3.16. The molecule has 1 atom stereocenters. The molecule has 18 heavy (non-hydrogen) atoms. The van der Waals surface area contributed by atoms with E-state index in [0.29, 0.717) is 12.0 Å². The van der Waals surface area contributed by atoms with Gasteiger partial charge in [0, 0.05) is 6.04 Å². The average molecular weight is 243 g/mol. The standard InChI is InChI=1S/C15H21N3/c1-11(2)15(12-6-4-3-5-7-12)10-17-14(16)18(15)13-8-9-13/h3-7,11,13H,8-10H2,1-2H3,(H2,16,17). The molecule has 3 rings (SSSR count). The van der Waals surface area contributed by atoms with E-state index in [4.69, 9.17) is 5.73 Å². The molecule has 1 aromatic carbocycles. The van der Waals surface area contributed by atoms with Crippen LogP contribution >= 0.6 is 0 Å². The summed E-state index contributed by atoms with van der Waals surface area (Å²) in [4.78, 5) is 6.93. The predicted octanol–water partition coefficient (Wildman–Crippen LogP) is 2.33. The maximum absolute atomic E-state index is 6.15. The molecule has 1 aliphatic heterocycles. The molecule has 1 saturated carbocycles. The van der Waals surface area contributed by atoms with Crippen LogP contribution in [0.15, 0.2) is 35.3 Å². The van der Waals surface area contributed by atoms with E-state index in [2.05, 4.69) is 54.1 Å². The van der Waals surface area contributed by atoms with Crippen molar-refractivity contribution >= 4 is 5.96 Å². The van der Waals surface area contributed by atoms with Crippen LogP contribution in [-0.4, -0.2) is 23.4 Å². The van der Waals surface area contributed by atoms with Gasteiger partial charge in [0.2, 0.25) is 0 Å². The third-order valence-electron chi connectivity index (χ3n) is 4.30. The molecule has 2 N–H and O–H groups in total. The molecule has 1 aromatic rings. The van der Waals surface area contributed by atoms with Crippen molar-refractivity contribution in [3.8, 4) is 0 Å². The van der Waals surface area contributed by atoms with E-state index in [0.717, 1.165) is 12.5 Å². The van der Waals surface area contributed by atoms with Crippen LogP contribution in [0.25, 0.3) is 0 Å². The molecule has 0 spiro atoms. The second kappa shape index (κ2) is 4.01. The van der Waals surface area contributed by atoms with Gasteiger partial charge in [-0.3, -0.25) is 4.99 Å². The van der Waals surface area contributed by atoms with E-state index in [1.807, 2.05) is 0 Å². The zero-order valence-electron chi connectivity index (χ0n) is 11.1. The molecule has 0 amide bonds. The van der Waals surface area contributed by atoms with Gasteiger partial charge in [-0.2, -0.15) is 0 Å². The third kappa shape index (κ3) is 1.53. The minimum atomic E-state index is -0.0352. The Balaban J connectivity index is 2.08. The summed E-state index contributed by atoms with van der Waals surface area (Å²) in [5.74, 6) is 1.22. The topological polar surface area (TPSA) is 41.6 Å². The molecule has 1 heterocycles. The Morgan fingerprint density at radius 3 is 2.50 bits per heavy atom. The van der Waals surface area contributed by atoms with E-state index in [9.17, 15) is 0 Å². The minimum Gasteiger partial charge on any atom is -0.370 e. The summed E-state index contributed by atoms with van der Waals surface area (Å²) < 4.78 is 0. The van der Waals surface area contributed by atoms with Gasteiger partial charge >= 0.3 is 0 Å². The van der Waals surface area contributed by atoms with E-state index in [1.165, 1.54) is 18.4 Å². The highest BCUT2D eigenvalue weighted by Crippen LogP contribution is 2.45. The first-order valence-corrected chi connectivity index (χ1v) is 6.81. The van der Waals surface area contributed by atoms with Crippen molar-refractivity contribution in [3.05, 3.63) is 35.9 Å². The number of nitrogens with two attached hydrogens (primary N) is 1. The quantitative estimate of drug-likeness (QED) is 0.885. The molecular weight excluding hydrogens is 222 g/mol. The van der Waals surface area contributed by atoms with Gasteiger partial charge < -0.3 is 10.6 Å². The highest BCUT2D eigenvalue weighted by atomic mass is 15.4. The van der Waals surface area contributed by atoms with E-state index in [1.54, 1.807) is 0 Å². The van der Waals surface area contributed by atoms with Crippen molar-refractivity contribution in [1.82, 2.24) is 4.90 Å². The van der Waals surface area contributed by atoms with Crippen molar-refractivity contribution in [2.45, 2.75) is 38.3 Å². The molecule has 96 valence electrons. The molecule has 1 fully saturated rings. The lowest BCUT2D eigenvalue weighted by atomic mass is 9.79. The Morgan fingerprint density at radius 1 is 1.28 bits per heavy atom. The summed E-state index contributed by atoms with van der Waals surface area (Å²) in [7, 11) is 0. The Kier molecular flexibility index (Phi) is 2.58. The smallest absolute Gasteiger partial charge is 0.192 e. The summed E-state index contributed by atoms with van der Waals surface area (Å²) in [5.41, 5.74) is 7.45. The Labute approximate surface area is 109 Å². The third-order valence-corrected chi connectivity index (χ3v) is 4.30. The molecule has 0 bridgehead atoms. The summed E-state index contributed by atoms with van der Waals surface area (Å²) in [6.07, 6.45) is 2.50. The molecule has 3 nitrogen and oxygen atoms in total. The van der Waals surface area contributed by atoms with Crippen LogP contribution in [-0.2, 0) is 5.54 Å². The zero-order chi connectivity index (χ0) is 12.8. The summed E-state index contributed by atoms with van der Waals surface area (Å²) >= 11 is 0. The van der Waals surface area contributed by atoms with Crippen molar-refractivity contribution < 1.29 is 0 Å². The maximum Gasteiger partial charge on any atom is 0.192 e. The number of guanidine groups is 1. The lowest BCUT2D eigenvalue weighted by molar-refractivity contribution is 0.130. The van der Waals surface area contributed by atoms with Crippen LogP contribution in [0, 0.1) is 5.92 Å². The van der Waals surface area contributed by atoms with Gasteiger partial charge in [-0.05, 0) is 24.3 Å². The van der Waals surface area contributed by atoms with Crippen molar-refractivity contribution in [2.24, 2.45) is 16.6 Å². The first kappa shape index (κ1) is 11.6. The molecule has 3 heteroatoms. The van der Waals surface area contributed by atoms with E-state index < -0.39 is 0 Å². The summed E-state index contributed by atoms with van der Waals surface area (Å²) in [6, 6.07) is 11.3. The van der Waals surface area contributed by atoms with Crippen LogP contribution in [0.5, 0.6) is 0 Å². The Bertz CT molecular complexity index is 462. The van der Waals surface area contributed by atoms with Gasteiger partial charge in [-0.25, -0.2) is 0 Å². The van der Waals surface area contributed by atoms with Gasteiger partial charge in [0.1, 0.15) is 0 Å². The molecular formula is C15H21N3. The minimum absolute atomic E-state index is 0.0352. The normalized spacial score (nSPS) is 27.7. The van der Waals surface area contributed by atoms with Gasteiger partial charge in [-0.15, -0.1) is 0 Å². The maximum atomic E-state index is 6.15. The average Bonchev–Trinajstić information content (AvgIpc) is 3.14. The van der Waals surface area contributed by atoms with Crippen LogP contribution in [0.1, 0.15) is 32.3 Å². The lowest BCUT2D eigenvalue weighted by Crippen LogP contribution is -2.53. The fraction of sp³-hybridized carbons (Fsp3) is 0.533. The SMILES string of the molecule is CC(C)C1(c2ccccc2)CN=C(N)N1C1CC1. The first-order chi connectivity index (χ1) is 8.66. The fourth-order valence-electron chi connectivity index (χ4n) is 3.16. The molecule has 0 saturated heterocycles. The van der Waals surface area contributed by atoms with Crippen molar-refractivity contribution in [3.63, 3.8) is 0 Å². The van der Waals surface area contributed by atoms with Crippen LogP contribution in [0.2, 0.25) is 0 Å². The van der Waals surface area contributed by atoms with Gasteiger partial charge in [0.25, 0.3) is 0 Å². The highest BCUT2D eigenvalue weighted by Gasteiger charge is 2.51. The first-order valence-electron chi connectivity index (χ1n) is 6.81. The number of nitrogens with zero attached hydrogens (tertiary/aromatic N) is 2. The zero-order valence-corrected chi connectivity index (χ0v) is 11.1. The van der Waals surface area contributed by atoms with Gasteiger partial charge in [-0.1, -0.05) is 44.2 Å². The second-order valence-corrected chi connectivity index (χ2v) is 5.72. The molecule has 1 aliphatic carbocycles. The molecule has 0 aromatic heterocycles. The van der Waals surface area contributed by atoms with Crippen LogP contribution < -0.4 is 5.73 Å². The molecule has 2 aliphatic rings. The Hall–Kier alpha value is -1.51. The number of rotatable bonds is 3. The Morgan fingerprint density at radius 2 is 1.94 bits per heavy atom. The summed E-state index contributed by atoms with van der Waals surface area (Å²) in [6.45, 7) is 5.34. The van der Waals surface area contributed by atoms with Gasteiger partial charge in [0.15, 0.2) is 5.96 Å². The van der Waals surface area contributed by atoms with E-state index >= 15 is 0 Å². The number of benzene rings is 1.